The van der Waals surface area contributed by atoms with Crippen molar-refractivity contribution in [1.29, 1.82) is 0 Å². The van der Waals surface area contributed by atoms with E-state index in [1.54, 1.807) is 31.6 Å². The third kappa shape index (κ3) is 3.17. The van der Waals surface area contributed by atoms with Crippen molar-refractivity contribution in [3.8, 4) is 22.2 Å². The number of nitrogens with two attached hydrogens (primary N) is 1. The van der Waals surface area contributed by atoms with Gasteiger partial charge in [0.05, 0.1) is 35.8 Å². The molecule has 0 saturated carbocycles. The number of rotatable bonds is 3. The van der Waals surface area contributed by atoms with Crippen molar-refractivity contribution in [1.82, 2.24) is 19.5 Å². The van der Waals surface area contributed by atoms with Crippen molar-refractivity contribution >= 4 is 44.5 Å². The van der Waals surface area contributed by atoms with Gasteiger partial charge in [0.1, 0.15) is 5.54 Å². The fourth-order valence-electron chi connectivity index (χ4n) is 2.95. The van der Waals surface area contributed by atoms with Crippen LogP contribution >= 0.6 is 22.9 Å². The van der Waals surface area contributed by atoms with E-state index in [-0.39, 0.29) is 11.7 Å². The van der Waals surface area contributed by atoms with Gasteiger partial charge in [0.2, 0.25) is 11.9 Å². The summed E-state index contributed by atoms with van der Waals surface area (Å²) in [7, 11) is -0.985. The quantitative estimate of drug-likeness (QED) is 0.632. The molecule has 0 fully saturated rings. The highest BCUT2D eigenvalue weighted by Crippen LogP contribution is 2.44. The Bertz CT molecular complexity index is 1170. The van der Waals surface area contributed by atoms with Gasteiger partial charge in [-0.25, -0.2) is 9.20 Å². The average molecular weight is 437 g/mol. The zero-order valence-electron chi connectivity index (χ0n) is 15.1. The summed E-state index contributed by atoms with van der Waals surface area (Å²) in [6.45, 7) is 1.84. The predicted molar refractivity (Wildman–Crippen MR) is 113 cm³/mol. The Kier molecular flexibility index (Phi) is 4.44. The topological polar surface area (TPSA) is 110 Å². The normalized spacial score (nSPS) is 25.0. The minimum atomic E-state index is -2.60. The van der Waals surface area contributed by atoms with Crippen molar-refractivity contribution in [2.45, 2.75) is 12.5 Å². The van der Waals surface area contributed by atoms with Crippen LogP contribution in [-0.2, 0) is 15.2 Å². The molecule has 8 nitrogen and oxygen atoms in total. The van der Waals surface area contributed by atoms with Gasteiger partial charge in [0.15, 0.2) is 0 Å². The van der Waals surface area contributed by atoms with Crippen LogP contribution in [0.2, 0.25) is 5.02 Å². The molecule has 3 aromatic heterocycles. The smallest absolute Gasteiger partial charge is 0.258 e. The molecule has 4 rings (SSSR count). The molecular weight excluding hydrogens is 420 g/mol. The summed E-state index contributed by atoms with van der Waals surface area (Å²) < 4.78 is 20.0. The lowest BCUT2D eigenvalue weighted by atomic mass is 10.0. The molecule has 0 bridgehead atoms. The second kappa shape index (κ2) is 6.57. The molecule has 146 valence electrons. The van der Waals surface area contributed by atoms with Crippen LogP contribution in [0.25, 0.3) is 22.2 Å². The summed E-state index contributed by atoms with van der Waals surface area (Å²) in [5, 5.41) is 8.66. The van der Waals surface area contributed by atoms with E-state index in [4.69, 9.17) is 21.8 Å². The Morgan fingerprint density at radius 3 is 2.86 bits per heavy atom. The maximum Gasteiger partial charge on any atom is 0.258 e. The van der Waals surface area contributed by atoms with E-state index in [0.717, 1.165) is 10.4 Å². The number of hydrogen-bond acceptors (Lipinski definition) is 8. The molecule has 1 unspecified atom stereocenters. The lowest BCUT2D eigenvalue weighted by Gasteiger charge is -2.36. The minimum absolute atomic E-state index is 0.163. The summed E-state index contributed by atoms with van der Waals surface area (Å²) in [5.41, 5.74) is 5.84. The number of hydrogen-bond donors (Lipinski definition) is 1. The Morgan fingerprint density at radius 1 is 1.43 bits per heavy atom. The molecule has 28 heavy (non-hydrogen) atoms. The fourth-order valence-corrected chi connectivity index (χ4v) is 6.26. The second-order valence-electron chi connectivity index (χ2n) is 6.60. The molecule has 4 heterocycles. The van der Waals surface area contributed by atoms with E-state index in [1.807, 2.05) is 13.0 Å². The number of pyridine rings is 1. The Labute approximate surface area is 171 Å². The second-order valence-corrected chi connectivity index (χ2v) is 10.4. The molecule has 0 aliphatic carbocycles. The first-order chi connectivity index (χ1) is 13.2. The zero-order chi connectivity index (χ0) is 20.1. The van der Waals surface area contributed by atoms with Crippen LogP contribution in [0, 0.1) is 0 Å². The van der Waals surface area contributed by atoms with Crippen LogP contribution in [0.4, 0.5) is 0 Å². The van der Waals surface area contributed by atoms with Gasteiger partial charge in [0, 0.05) is 19.4 Å². The van der Waals surface area contributed by atoms with E-state index in [9.17, 15) is 4.21 Å². The van der Waals surface area contributed by atoms with E-state index in [0.29, 0.717) is 21.7 Å². The van der Waals surface area contributed by atoms with Gasteiger partial charge >= 0.3 is 0 Å². The van der Waals surface area contributed by atoms with Gasteiger partial charge in [-0.15, -0.1) is 21.5 Å². The van der Waals surface area contributed by atoms with Crippen molar-refractivity contribution in [2.75, 3.05) is 12.8 Å². The van der Waals surface area contributed by atoms with Gasteiger partial charge in [-0.05, 0) is 31.0 Å². The summed E-state index contributed by atoms with van der Waals surface area (Å²) in [6, 6.07) is 5.36. The molecule has 0 aromatic carbocycles. The molecule has 2 N–H and O–H groups in total. The van der Waals surface area contributed by atoms with Crippen LogP contribution in [-0.4, -0.2) is 48.3 Å². The van der Waals surface area contributed by atoms with Crippen molar-refractivity contribution in [3.63, 3.8) is 0 Å². The molecule has 0 saturated heterocycles. The fraction of sp³-hybridized carbons (Fsp3) is 0.235. The maximum absolute atomic E-state index is 12.9. The Hall–Kier alpha value is -2.43. The van der Waals surface area contributed by atoms with Crippen molar-refractivity contribution in [2.24, 2.45) is 10.7 Å². The van der Waals surface area contributed by atoms with Crippen molar-refractivity contribution < 1.29 is 8.63 Å². The van der Waals surface area contributed by atoms with Crippen LogP contribution < -0.4 is 5.73 Å². The summed E-state index contributed by atoms with van der Waals surface area (Å²) in [6.07, 6.45) is 3.31. The Morgan fingerprint density at radius 2 is 2.18 bits per heavy atom. The van der Waals surface area contributed by atoms with Crippen LogP contribution in [0.3, 0.4) is 0 Å². The first-order valence-electron chi connectivity index (χ1n) is 8.18. The van der Waals surface area contributed by atoms with E-state index in [2.05, 4.69) is 26.0 Å². The Balaban J connectivity index is 1.73. The number of halogens is 1. The van der Waals surface area contributed by atoms with Gasteiger partial charge in [0.25, 0.3) is 5.89 Å². The molecule has 3 aromatic rings. The number of aliphatic imine (C=N–C) groups is 1. The molecule has 1 aliphatic rings. The number of aromatic nitrogens is 3. The molecular formula is C17H17ClN6O2S2. The van der Waals surface area contributed by atoms with Crippen molar-refractivity contribution in [3.05, 3.63) is 40.5 Å². The van der Waals surface area contributed by atoms with Crippen LogP contribution in [0.15, 0.2) is 40.0 Å². The summed E-state index contributed by atoms with van der Waals surface area (Å²) in [5.74, 6) is 4.88. The first-order valence-corrected chi connectivity index (χ1v) is 11.2. The highest BCUT2D eigenvalue weighted by molar-refractivity contribution is 7.98. The SMILES string of the molecule is C=S1(=O)C[C@@](C)(c2sc(-c3nnc(-c4cccnc4)o3)cc2Cl)N=C(N)N1C. The van der Waals surface area contributed by atoms with Crippen LogP contribution in [0.5, 0.6) is 0 Å². The van der Waals surface area contributed by atoms with E-state index in [1.165, 1.54) is 15.6 Å². The lowest BCUT2D eigenvalue weighted by molar-refractivity contribution is 0.522. The summed E-state index contributed by atoms with van der Waals surface area (Å²) in [4.78, 5) is 9.99. The molecule has 0 spiro atoms. The van der Waals surface area contributed by atoms with Gasteiger partial charge in [-0.1, -0.05) is 11.6 Å². The molecule has 1 aliphatic heterocycles. The van der Waals surface area contributed by atoms with Crippen LogP contribution in [0.1, 0.15) is 11.8 Å². The third-order valence-electron chi connectivity index (χ3n) is 4.41. The molecule has 0 amide bonds. The van der Waals surface area contributed by atoms with Gasteiger partial charge in [-0.2, -0.15) is 0 Å². The van der Waals surface area contributed by atoms with Gasteiger partial charge < -0.3 is 10.2 Å². The standard InChI is InChI=1S/C17H17ClN6O2S2/c1-17(9-28(3,25)24(2)16(19)21-17)13-11(18)7-12(27-13)15-23-22-14(26-15)10-5-4-6-20-8-10/h4-8H,3,9H2,1-2H3,(H2,19,21)/t17-,28?/m0/s1. The number of guanidine groups is 1. The number of nitrogens with zero attached hydrogens (tertiary/aromatic N) is 5. The first kappa shape index (κ1) is 18.9. The van der Waals surface area contributed by atoms with Gasteiger partial charge in [-0.3, -0.25) is 9.29 Å². The molecule has 0 radical (unpaired) electrons. The monoisotopic (exact) mass is 436 g/mol. The third-order valence-corrected chi connectivity index (χ3v) is 8.39. The number of thiophene rings is 1. The average Bonchev–Trinajstić information content (AvgIpc) is 3.27. The van der Waals surface area contributed by atoms with E-state index >= 15 is 0 Å². The lowest BCUT2D eigenvalue weighted by Crippen LogP contribution is -2.50. The minimum Gasteiger partial charge on any atom is -0.415 e. The highest BCUT2D eigenvalue weighted by Gasteiger charge is 2.40. The molecule has 11 heteroatoms. The largest absolute Gasteiger partial charge is 0.415 e. The highest BCUT2D eigenvalue weighted by atomic mass is 35.5. The predicted octanol–water partition coefficient (Wildman–Crippen LogP) is 2.62. The maximum atomic E-state index is 12.9. The molecule has 2 atom stereocenters. The summed E-state index contributed by atoms with van der Waals surface area (Å²) >= 11 is 7.84. The van der Waals surface area contributed by atoms with E-state index < -0.39 is 15.2 Å². The zero-order valence-corrected chi connectivity index (χ0v) is 17.5.